The number of hydrogen-bond donors (Lipinski definition) is 2. The molecule has 0 aliphatic rings. The normalized spacial score (nSPS) is 11.6. The molecular weight excluding hydrogens is 478 g/mol. The molecule has 2 N–H and O–H groups in total. The van der Waals surface area contributed by atoms with E-state index in [9.17, 15) is 19.7 Å². The van der Waals surface area contributed by atoms with Crippen molar-refractivity contribution in [1.29, 1.82) is 0 Å². The molecule has 0 bridgehead atoms. The molecule has 192 valence electrons. The molecular formula is C31H29N3O4. The molecule has 7 nitrogen and oxygen atoms in total. The summed E-state index contributed by atoms with van der Waals surface area (Å²) >= 11 is 0. The fourth-order valence-electron chi connectivity index (χ4n) is 4.52. The predicted molar refractivity (Wildman–Crippen MR) is 148 cm³/mol. The lowest BCUT2D eigenvalue weighted by Gasteiger charge is -2.23. The van der Waals surface area contributed by atoms with Crippen LogP contribution in [0.2, 0.25) is 0 Å². The molecule has 2 amide bonds. The quantitative estimate of drug-likeness (QED) is 0.224. The maximum atomic E-state index is 13.8. The highest BCUT2D eigenvalue weighted by atomic mass is 16.6. The molecule has 0 saturated carbocycles. The number of nitrogens with one attached hydrogen (secondary N) is 2. The van der Waals surface area contributed by atoms with E-state index < -0.39 is 16.9 Å². The van der Waals surface area contributed by atoms with Gasteiger partial charge in [0.25, 0.3) is 5.69 Å². The van der Waals surface area contributed by atoms with Crippen LogP contribution in [0.1, 0.15) is 33.7 Å². The van der Waals surface area contributed by atoms with E-state index in [-0.39, 0.29) is 23.9 Å². The van der Waals surface area contributed by atoms with Crippen LogP contribution in [-0.4, -0.2) is 22.8 Å². The van der Waals surface area contributed by atoms with Gasteiger partial charge in [0, 0.05) is 24.2 Å². The number of nitro groups is 1. The van der Waals surface area contributed by atoms with E-state index in [1.165, 1.54) is 12.1 Å². The van der Waals surface area contributed by atoms with Crippen LogP contribution < -0.4 is 10.6 Å². The number of benzene rings is 4. The van der Waals surface area contributed by atoms with Crippen LogP contribution in [0.4, 0.5) is 11.4 Å². The first-order chi connectivity index (χ1) is 18.3. The van der Waals surface area contributed by atoms with Gasteiger partial charge in [-0.05, 0) is 53.8 Å². The van der Waals surface area contributed by atoms with Crippen molar-refractivity contribution in [1.82, 2.24) is 5.32 Å². The minimum Gasteiger partial charge on any atom is -0.343 e. The van der Waals surface area contributed by atoms with Crippen molar-refractivity contribution in [2.45, 2.75) is 32.2 Å². The first-order valence-electron chi connectivity index (χ1n) is 12.3. The van der Waals surface area contributed by atoms with Gasteiger partial charge in [-0.25, -0.2) is 0 Å². The Balaban J connectivity index is 1.64. The fourth-order valence-corrected chi connectivity index (χ4v) is 4.52. The van der Waals surface area contributed by atoms with E-state index in [2.05, 4.69) is 10.6 Å². The van der Waals surface area contributed by atoms with Gasteiger partial charge >= 0.3 is 0 Å². The number of rotatable bonds is 9. The molecule has 4 aromatic carbocycles. The molecule has 0 aliphatic carbocycles. The molecule has 0 fully saturated rings. The van der Waals surface area contributed by atoms with Gasteiger partial charge in [-0.15, -0.1) is 0 Å². The summed E-state index contributed by atoms with van der Waals surface area (Å²) in [6.45, 7) is 3.90. The molecule has 0 aliphatic heterocycles. The minimum atomic E-state index is -0.917. The van der Waals surface area contributed by atoms with Crippen LogP contribution >= 0.6 is 0 Å². The van der Waals surface area contributed by atoms with Crippen LogP contribution in [0.3, 0.4) is 0 Å². The Morgan fingerprint density at radius 3 is 1.79 bits per heavy atom. The largest absolute Gasteiger partial charge is 0.343 e. The second-order valence-electron chi connectivity index (χ2n) is 9.31. The first kappa shape index (κ1) is 26.3. The highest BCUT2D eigenvalue weighted by Crippen LogP contribution is 2.25. The summed E-state index contributed by atoms with van der Waals surface area (Å²) in [7, 11) is 0. The molecule has 0 spiro atoms. The zero-order valence-corrected chi connectivity index (χ0v) is 21.3. The average molecular weight is 508 g/mol. The molecule has 7 heteroatoms. The Labute approximate surface area is 221 Å². The Kier molecular flexibility index (Phi) is 8.28. The molecule has 0 unspecified atom stereocenters. The molecule has 0 saturated heterocycles. The molecule has 0 heterocycles. The SMILES string of the molecule is Cc1cc(C)cc(NC(=O)[C@@H](Cc2ccc([N+](=O)[O-])cc2)NC(=O)C(c2ccccc2)c2ccccc2)c1. The Hall–Kier alpha value is -4.78. The third-order valence-corrected chi connectivity index (χ3v) is 6.24. The number of nitrogens with zero attached hydrogens (tertiary/aromatic N) is 1. The summed E-state index contributed by atoms with van der Waals surface area (Å²) in [6, 6.07) is 29.6. The van der Waals surface area contributed by atoms with Crippen molar-refractivity contribution < 1.29 is 14.5 Å². The lowest BCUT2D eigenvalue weighted by atomic mass is 9.90. The van der Waals surface area contributed by atoms with E-state index in [0.717, 1.165) is 22.3 Å². The zero-order chi connectivity index (χ0) is 27.1. The number of non-ortho nitro benzene ring substituents is 1. The highest BCUT2D eigenvalue weighted by molar-refractivity contribution is 5.99. The van der Waals surface area contributed by atoms with Crippen LogP contribution in [0.25, 0.3) is 0 Å². The maximum Gasteiger partial charge on any atom is 0.269 e. The summed E-state index contributed by atoms with van der Waals surface area (Å²) in [5.74, 6) is -1.31. The Morgan fingerprint density at radius 2 is 1.29 bits per heavy atom. The van der Waals surface area contributed by atoms with Crippen molar-refractivity contribution in [3.63, 3.8) is 0 Å². The fraction of sp³-hybridized carbons (Fsp3) is 0.161. The van der Waals surface area contributed by atoms with Gasteiger partial charge in [0.1, 0.15) is 6.04 Å². The number of carbonyl (C=O) groups excluding carboxylic acids is 2. The van der Waals surface area contributed by atoms with Crippen molar-refractivity contribution in [2.75, 3.05) is 5.32 Å². The van der Waals surface area contributed by atoms with Crippen molar-refractivity contribution in [2.24, 2.45) is 0 Å². The van der Waals surface area contributed by atoms with Crippen molar-refractivity contribution in [3.8, 4) is 0 Å². The maximum absolute atomic E-state index is 13.8. The molecule has 38 heavy (non-hydrogen) atoms. The van der Waals surface area contributed by atoms with Crippen LogP contribution in [0, 0.1) is 24.0 Å². The van der Waals surface area contributed by atoms with E-state index in [0.29, 0.717) is 11.3 Å². The predicted octanol–water partition coefficient (Wildman–Crippen LogP) is 5.71. The number of hydrogen-bond acceptors (Lipinski definition) is 4. The number of aryl methyl sites for hydroxylation is 2. The van der Waals surface area contributed by atoms with Gasteiger partial charge in [0.15, 0.2) is 0 Å². The lowest BCUT2D eigenvalue weighted by molar-refractivity contribution is -0.384. The third kappa shape index (κ3) is 6.70. The van der Waals surface area contributed by atoms with E-state index in [1.54, 1.807) is 12.1 Å². The monoisotopic (exact) mass is 507 g/mol. The van der Waals surface area contributed by atoms with Gasteiger partial charge in [-0.2, -0.15) is 0 Å². The van der Waals surface area contributed by atoms with Crippen LogP contribution in [0.5, 0.6) is 0 Å². The second kappa shape index (κ2) is 12.0. The number of anilines is 1. The van der Waals surface area contributed by atoms with Gasteiger partial charge in [-0.1, -0.05) is 78.9 Å². The van der Waals surface area contributed by atoms with E-state index >= 15 is 0 Å². The van der Waals surface area contributed by atoms with E-state index in [4.69, 9.17) is 0 Å². The molecule has 1 atom stereocenters. The van der Waals surface area contributed by atoms with Gasteiger partial charge in [-0.3, -0.25) is 19.7 Å². The Morgan fingerprint density at radius 1 is 0.763 bits per heavy atom. The van der Waals surface area contributed by atoms with Crippen molar-refractivity contribution >= 4 is 23.2 Å². The zero-order valence-electron chi connectivity index (χ0n) is 21.3. The van der Waals surface area contributed by atoms with Crippen LogP contribution in [-0.2, 0) is 16.0 Å². The topological polar surface area (TPSA) is 101 Å². The van der Waals surface area contributed by atoms with E-state index in [1.807, 2.05) is 92.7 Å². The minimum absolute atomic E-state index is 0.0396. The third-order valence-electron chi connectivity index (χ3n) is 6.24. The van der Waals surface area contributed by atoms with Gasteiger partial charge in [0.05, 0.1) is 10.8 Å². The number of carbonyl (C=O) groups is 2. The first-order valence-corrected chi connectivity index (χ1v) is 12.3. The van der Waals surface area contributed by atoms with Crippen LogP contribution in [0.15, 0.2) is 103 Å². The lowest BCUT2D eigenvalue weighted by Crippen LogP contribution is -2.47. The smallest absolute Gasteiger partial charge is 0.269 e. The summed E-state index contributed by atoms with van der Waals surface area (Å²) in [4.78, 5) is 37.9. The molecule has 0 aromatic heterocycles. The average Bonchev–Trinajstić information content (AvgIpc) is 2.89. The van der Waals surface area contributed by atoms with Crippen molar-refractivity contribution in [3.05, 3.63) is 141 Å². The standard InChI is InChI=1S/C31H29N3O4/c1-21-17-22(2)19-26(18-21)32-30(35)28(20-23-13-15-27(16-14-23)34(37)38)33-31(36)29(24-9-5-3-6-10-24)25-11-7-4-8-12-25/h3-19,28-29H,20H2,1-2H3,(H,32,35)(H,33,36)/t28-/m1/s1. The summed E-state index contributed by atoms with van der Waals surface area (Å²) in [5.41, 5.74) is 4.90. The number of nitro benzene ring substituents is 1. The van der Waals surface area contributed by atoms with Gasteiger partial charge in [0.2, 0.25) is 11.8 Å². The molecule has 0 radical (unpaired) electrons. The Bertz CT molecular complexity index is 1360. The number of amides is 2. The summed E-state index contributed by atoms with van der Waals surface area (Å²) in [6.07, 6.45) is 0.163. The highest BCUT2D eigenvalue weighted by Gasteiger charge is 2.28. The molecule has 4 rings (SSSR count). The second-order valence-corrected chi connectivity index (χ2v) is 9.31. The van der Waals surface area contributed by atoms with Gasteiger partial charge < -0.3 is 10.6 Å². The summed E-state index contributed by atoms with van der Waals surface area (Å²) in [5, 5.41) is 17.0. The molecule has 4 aromatic rings. The summed E-state index contributed by atoms with van der Waals surface area (Å²) < 4.78 is 0.